The van der Waals surface area contributed by atoms with Crippen LogP contribution in [0.2, 0.25) is 0 Å². The van der Waals surface area contributed by atoms with Gasteiger partial charge in [-0.1, -0.05) is 5.16 Å². The Hall–Kier alpha value is -2.98. The van der Waals surface area contributed by atoms with Crippen molar-refractivity contribution in [3.63, 3.8) is 0 Å². The number of hydrogen-bond donors (Lipinski definition) is 1. The number of carbonyl (C=O) groups excluding carboxylic acids is 2. The highest BCUT2D eigenvalue weighted by atomic mass is 16.6. The van der Waals surface area contributed by atoms with Gasteiger partial charge in [-0.25, -0.2) is 9.86 Å². The molecule has 2 aromatic rings. The summed E-state index contributed by atoms with van der Waals surface area (Å²) in [5, 5.41) is 14.7. The van der Waals surface area contributed by atoms with E-state index in [4.69, 9.17) is 14.0 Å². The molecule has 1 aliphatic heterocycles. The molecule has 0 aliphatic carbocycles. The second kappa shape index (κ2) is 10.1. The molecule has 0 spiro atoms. The van der Waals surface area contributed by atoms with Gasteiger partial charge in [0.2, 0.25) is 0 Å². The third-order valence-corrected chi connectivity index (χ3v) is 5.22. The standard InChI is InChI=1S/C24H34N4O6/c1-23(2,3)28(31)21(29)17-9-7-16(8-10-17)20-25-19(26-34-20)15-32-18-11-13-27(14-12-18)22(30)33-24(4,5)6/h7-10,18,31H,11-15H2,1-6H3. The predicted molar refractivity (Wildman–Crippen MR) is 123 cm³/mol. The van der Waals surface area contributed by atoms with Crippen LogP contribution in [0.25, 0.3) is 11.5 Å². The van der Waals surface area contributed by atoms with Crippen LogP contribution >= 0.6 is 0 Å². The number of ether oxygens (including phenoxy) is 2. The maximum atomic E-state index is 12.4. The molecule has 1 saturated heterocycles. The Labute approximate surface area is 199 Å². The first-order valence-electron chi connectivity index (χ1n) is 11.4. The summed E-state index contributed by atoms with van der Waals surface area (Å²) >= 11 is 0. The summed E-state index contributed by atoms with van der Waals surface area (Å²) in [6, 6.07) is 6.58. The smallest absolute Gasteiger partial charge is 0.410 e. The van der Waals surface area contributed by atoms with Gasteiger partial charge in [-0.15, -0.1) is 0 Å². The van der Waals surface area contributed by atoms with Gasteiger partial charge in [0.15, 0.2) is 5.82 Å². The minimum Gasteiger partial charge on any atom is -0.444 e. The van der Waals surface area contributed by atoms with Crippen molar-refractivity contribution in [1.29, 1.82) is 0 Å². The van der Waals surface area contributed by atoms with E-state index in [1.807, 2.05) is 20.8 Å². The summed E-state index contributed by atoms with van der Waals surface area (Å²) in [6.45, 7) is 12.1. The Bertz CT molecular complexity index is 982. The average molecular weight is 475 g/mol. The Kier molecular flexibility index (Phi) is 7.62. The van der Waals surface area contributed by atoms with Gasteiger partial charge in [0.1, 0.15) is 12.2 Å². The summed E-state index contributed by atoms with van der Waals surface area (Å²) in [4.78, 5) is 30.6. The summed E-state index contributed by atoms with van der Waals surface area (Å²) in [6.07, 6.45) is 1.10. The van der Waals surface area contributed by atoms with Crippen LogP contribution in [-0.4, -0.2) is 67.6 Å². The van der Waals surface area contributed by atoms with Crippen LogP contribution in [0, 0.1) is 0 Å². The van der Waals surface area contributed by atoms with Crippen LogP contribution in [0.15, 0.2) is 28.8 Å². The molecule has 186 valence electrons. The number of benzene rings is 1. The van der Waals surface area contributed by atoms with E-state index < -0.39 is 17.0 Å². The maximum absolute atomic E-state index is 12.4. The second-order valence-electron chi connectivity index (χ2n) is 10.4. The van der Waals surface area contributed by atoms with E-state index in [0.717, 1.165) is 0 Å². The molecule has 3 rings (SSSR count). The van der Waals surface area contributed by atoms with Crippen molar-refractivity contribution < 1.29 is 28.8 Å². The predicted octanol–water partition coefficient (Wildman–Crippen LogP) is 4.28. The molecule has 2 heterocycles. The fourth-order valence-electron chi connectivity index (χ4n) is 3.34. The van der Waals surface area contributed by atoms with Crippen LogP contribution < -0.4 is 0 Å². The Balaban J connectivity index is 1.50. The van der Waals surface area contributed by atoms with E-state index in [9.17, 15) is 14.8 Å². The van der Waals surface area contributed by atoms with Gasteiger partial charge in [0.25, 0.3) is 11.8 Å². The molecule has 1 fully saturated rings. The molecule has 1 aromatic carbocycles. The first kappa shape index (κ1) is 25.6. The van der Waals surface area contributed by atoms with E-state index in [1.54, 1.807) is 49.9 Å². The molecule has 0 bridgehead atoms. The van der Waals surface area contributed by atoms with Crippen molar-refractivity contribution in [2.45, 2.75) is 78.2 Å². The van der Waals surface area contributed by atoms with Crippen molar-refractivity contribution >= 4 is 12.0 Å². The SMILES string of the molecule is CC(C)(C)OC(=O)N1CCC(OCc2noc(-c3ccc(C(=O)N(O)C(C)(C)C)cc3)n2)CC1. The number of amides is 2. The van der Waals surface area contributed by atoms with Crippen LogP contribution in [0.5, 0.6) is 0 Å². The minimum atomic E-state index is -0.705. The normalized spacial score (nSPS) is 15.3. The first-order chi connectivity index (χ1) is 15.8. The van der Waals surface area contributed by atoms with Crippen molar-refractivity contribution in [1.82, 2.24) is 20.1 Å². The lowest BCUT2D eigenvalue weighted by molar-refractivity contribution is -0.114. The van der Waals surface area contributed by atoms with Gasteiger partial charge < -0.3 is 18.9 Å². The van der Waals surface area contributed by atoms with Gasteiger partial charge in [0, 0.05) is 24.2 Å². The third kappa shape index (κ3) is 6.77. The number of rotatable bonds is 5. The highest BCUT2D eigenvalue weighted by Crippen LogP contribution is 2.22. The molecule has 0 saturated carbocycles. The van der Waals surface area contributed by atoms with Crippen LogP contribution in [0.4, 0.5) is 4.79 Å². The second-order valence-corrected chi connectivity index (χ2v) is 10.4. The molecule has 10 nitrogen and oxygen atoms in total. The monoisotopic (exact) mass is 474 g/mol. The van der Waals surface area contributed by atoms with Gasteiger partial charge in [-0.2, -0.15) is 4.98 Å². The van der Waals surface area contributed by atoms with Crippen LogP contribution in [-0.2, 0) is 16.1 Å². The summed E-state index contributed by atoms with van der Waals surface area (Å²) in [7, 11) is 0. The van der Waals surface area contributed by atoms with Gasteiger partial charge in [-0.05, 0) is 78.6 Å². The van der Waals surface area contributed by atoms with Crippen molar-refractivity contribution in [2.24, 2.45) is 0 Å². The molecule has 1 aliphatic rings. The molecule has 0 unspecified atom stereocenters. The zero-order chi connectivity index (χ0) is 25.1. The third-order valence-electron chi connectivity index (χ3n) is 5.22. The minimum absolute atomic E-state index is 0.00447. The average Bonchev–Trinajstić information content (AvgIpc) is 3.24. The quantitative estimate of drug-likeness (QED) is 0.504. The largest absolute Gasteiger partial charge is 0.444 e. The fourth-order valence-corrected chi connectivity index (χ4v) is 3.34. The van der Waals surface area contributed by atoms with Crippen molar-refractivity contribution in [2.75, 3.05) is 13.1 Å². The Morgan fingerprint density at radius 1 is 1.12 bits per heavy atom. The van der Waals surface area contributed by atoms with Gasteiger partial charge >= 0.3 is 6.09 Å². The molecule has 0 radical (unpaired) electrons. The topological polar surface area (TPSA) is 118 Å². The summed E-state index contributed by atoms with van der Waals surface area (Å²) in [5.41, 5.74) is -0.214. The highest BCUT2D eigenvalue weighted by molar-refractivity contribution is 5.94. The highest BCUT2D eigenvalue weighted by Gasteiger charge is 2.28. The van der Waals surface area contributed by atoms with Crippen molar-refractivity contribution in [3.8, 4) is 11.5 Å². The molecule has 1 aromatic heterocycles. The number of likely N-dealkylation sites (tertiary alicyclic amines) is 1. The lowest BCUT2D eigenvalue weighted by Gasteiger charge is -2.33. The molecular weight excluding hydrogens is 440 g/mol. The van der Waals surface area contributed by atoms with Crippen molar-refractivity contribution in [3.05, 3.63) is 35.7 Å². The molecule has 2 amide bonds. The molecule has 1 N–H and O–H groups in total. The molecule has 10 heteroatoms. The Morgan fingerprint density at radius 2 is 1.74 bits per heavy atom. The number of nitrogens with zero attached hydrogens (tertiary/aromatic N) is 4. The lowest BCUT2D eigenvalue weighted by Crippen LogP contribution is -2.43. The van der Waals surface area contributed by atoms with E-state index >= 15 is 0 Å². The van der Waals surface area contributed by atoms with Gasteiger partial charge in [-0.3, -0.25) is 10.0 Å². The number of hydrogen-bond acceptors (Lipinski definition) is 8. The fraction of sp³-hybridized carbons (Fsp3) is 0.583. The van der Waals surface area contributed by atoms with E-state index in [1.165, 1.54) is 0 Å². The zero-order valence-corrected chi connectivity index (χ0v) is 20.7. The van der Waals surface area contributed by atoms with Crippen LogP contribution in [0.1, 0.15) is 70.6 Å². The molecular formula is C24H34N4O6. The maximum Gasteiger partial charge on any atom is 0.410 e. The summed E-state index contributed by atoms with van der Waals surface area (Å²) in [5.74, 6) is 0.240. The molecule has 34 heavy (non-hydrogen) atoms. The first-order valence-corrected chi connectivity index (χ1v) is 11.4. The van der Waals surface area contributed by atoms with E-state index in [2.05, 4.69) is 10.1 Å². The van der Waals surface area contributed by atoms with E-state index in [0.29, 0.717) is 53.8 Å². The lowest BCUT2D eigenvalue weighted by atomic mass is 10.1. The molecule has 0 atom stereocenters. The van der Waals surface area contributed by atoms with E-state index in [-0.39, 0.29) is 18.8 Å². The number of carbonyl (C=O) groups is 2. The zero-order valence-electron chi connectivity index (χ0n) is 20.7. The van der Waals surface area contributed by atoms with Crippen LogP contribution in [0.3, 0.4) is 0 Å². The summed E-state index contributed by atoms with van der Waals surface area (Å²) < 4.78 is 16.7. The number of hydroxylamine groups is 2. The van der Waals surface area contributed by atoms with Gasteiger partial charge in [0.05, 0.1) is 11.6 Å². The number of aromatic nitrogens is 2. The Morgan fingerprint density at radius 3 is 2.29 bits per heavy atom. The number of piperidine rings is 1.